The van der Waals surface area contributed by atoms with E-state index in [0.29, 0.717) is 30.0 Å². The van der Waals surface area contributed by atoms with Crippen LogP contribution in [0.15, 0.2) is 40.9 Å². The highest BCUT2D eigenvalue weighted by Crippen LogP contribution is 2.28. The lowest BCUT2D eigenvalue weighted by molar-refractivity contribution is -0.115. The SMILES string of the molecule is CCC(=O)Nc1ccc(-c2noc(-c3cc4c(cc3F)CCNC4)n2)cc1. The summed E-state index contributed by atoms with van der Waals surface area (Å²) in [6.07, 6.45) is 1.22. The van der Waals surface area contributed by atoms with E-state index < -0.39 is 0 Å². The first-order valence-corrected chi connectivity index (χ1v) is 8.90. The minimum atomic E-state index is -0.358. The zero-order valence-corrected chi connectivity index (χ0v) is 14.9. The van der Waals surface area contributed by atoms with Crippen molar-refractivity contribution in [1.82, 2.24) is 15.5 Å². The van der Waals surface area contributed by atoms with Gasteiger partial charge in [-0.2, -0.15) is 4.98 Å². The molecule has 0 bridgehead atoms. The second-order valence-corrected chi connectivity index (χ2v) is 6.43. The largest absolute Gasteiger partial charge is 0.334 e. The number of rotatable bonds is 4. The van der Waals surface area contributed by atoms with Crippen LogP contribution in [0.2, 0.25) is 0 Å². The first kappa shape index (κ1) is 17.4. The number of nitrogens with zero attached hydrogens (tertiary/aromatic N) is 2. The van der Waals surface area contributed by atoms with Gasteiger partial charge in [0.2, 0.25) is 11.7 Å². The van der Waals surface area contributed by atoms with Crippen LogP contribution in [0.5, 0.6) is 0 Å². The topological polar surface area (TPSA) is 80.0 Å². The van der Waals surface area contributed by atoms with E-state index in [4.69, 9.17) is 4.52 Å². The fraction of sp³-hybridized carbons (Fsp3) is 0.250. The number of carbonyl (C=O) groups excluding carboxylic acids is 1. The normalized spacial score (nSPS) is 13.3. The predicted molar refractivity (Wildman–Crippen MR) is 99.5 cm³/mol. The molecule has 0 fully saturated rings. The van der Waals surface area contributed by atoms with Gasteiger partial charge in [-0.1, -0.05) is 12.1 Å². The fourth-order valence-electron chi connectivity index (χ4n) is 3.07. The van der Waals surface area contributed by atoms with Gasteiger partial charge < -0.3 is 15.2 Å². The molecule has 3 aromatic rings. The van der Waals surface area contributed by atoms with Crippen molar-refractivity contribution < 1.29 is 13.7 Å². The Labute approximate surface area is 155 Å². The van der Waals surface area contributed by atoms with Crippen LogP contribution in [0.4, 0.5) is 10.1 Å². The van der Waals surface area contributed by atoms with Crippen LogP contribution in [0.1, 0.15) is 24.5 Å². The van der Waals surface area contributed by atoms with Gasteiger partial charge in [-0.25, -0.2) is 4.39 Å². The summed E-state index contributed by atoms with van der Waals surface area (Å²) in [6, 6.07) is 10.4. The molecular formula is C20H19FN4O2. The third-order valence-corrected chi connectivity index (χ3v) is 4.58. The van der Waals surface area contributed by atoms with Gasteiger partial charge in [0.25, 0.3) is 5.89 Å². The maximum absolute atomic E-state index is 14.5. The molecule has 7 heteroatoms. The Morgan fingerprint density at radius 1 is 1.26 bits per heavy atom. The Morgan fingerprint density at radius 3 is 2.85 bits per heavy atom. The molecule has 2 heterocycles. The predicted octanol–water partition coefficient (Wildman–Crippen LogP) is 3.54. The second kappa shape index (κ2) is 7.28. The van der Waals surface area contributed by atoms with E-state index in [1.165, 1.54) is 0 Å². The lowest BCUT2D eigenvalue weighted by Gasteiger charge is -2.17. The van der Waals surface area contributed by atoms with Gasteiger partial charge in [-0.3, -0.25) is 4.79 Å². The molecule has 6 nitrogen and oxygen atoms in total. The highest BCUT2D eigenvalue weighted by Gasteiger charge is 2.19. The Kier molecular flexibility index (Phi) is 4.68. The summed E-state index contributed by atoms with van der Waals surface area (Å²) < 4.78 is 19.8. The molecule has 1 amide bonds. The molecule has 0 unspecified atom stereocenters. The summed E-state index contributed by atoms with van der Waals surface area (Å²) in [5.74, 6) is 0.110. The molecule has 1 aliphatic rings. The molecule has 2 aromatic carbocycles. The molecule has 1 aromatic heterocycles. The number of hydrogen-bond acceptors (Lipinski definition) is 5. The van der Waals surface area contributed by atoms with E-state index in [9.17, 15) is 9.18 Å². The van der Waals surface area contributed by atoms with Crippen molar-refractivity contribution in [3.63, 3.8) is 0 Å². The third kappa shape index (κ3) is 3.59. The fourth-order valence-corrected chi connectivity index (χ4v) is 3.07. The molecule has 27 heavy (non-hydrogen) atoms. The average molecular weight is 366 g/mol. The van der Waals surface area contributed by atoms with Crippen LogP contribution < -0.4 is 10.6 Å². The van der Waals surface area contributed by atoms with Gasteiger partial charge in [0.05, 0.1) is 5.56 Å². The molecular weight excluding hydrogens is 347 g/mol. The third-order valence-electron chi connectivity index (χ3n) is 4.58. The smallest absolute Gasteiger partial charge is 0.261 e. The first-order valence-electron chi connectivity index (χ1n) is 8.90. The number of halogens is 1. The van der Waals surface area contributed by atoms with E-state index in [1.807, 2.05) is 0 Å². The quantitative estimate of drug-likeness (QED) is 0.738. The van der Waals surface area contributed by atoms with Crippen LogP contribution in [0.3, 0.4) is 0 Å². The number of fused-ring (bicyclic) bond motifs is 1. The van der Waals surface area contributed by atoms with Crippen molar-refractivity contribution in [3.8, 4) is 22.8 Å². The van der Waals surface area contributed by atoms with Gasteiger partial charge in [-0.05, 0) is 60.5 Å². The maximum Gasteiger partial charge on any atom is 0.261 e. The number of benzene rings is 2. The van der Waals surface area contributed by atoms with Crippen LogP contribution in [0, 0.1) is 5.82 Å². The summed E-state index contributed by atoms with van der Waals surface area (Å²) in [4.78, 5) is 15.8. The molecule has 4 rings (SSSR count). The molecule has 1 aliphatic heterocycles. The Hall–Kier alpha value is -3.06. The number of carbonyl (C=O) groups is 1. The molecule has 2 N–H and O–H groups in total. The lowest BCUT2D eigenvalue weighted by Crippen LogP contribution is -2.23. The average Bonchev–Trinajstić information content (AvgIpc) is 3.18. The van der Waals surface area contributed by atoms with Crippen molar-refractivity contribution in [1.29, 1.82) is 0 Å². The van der Waals surface area contributed by atoms with Crippen LogP contribution >= 0.6 is 0 Å². The number of anilines is 1. The van der Waals surface area contributed by atoms with Crippen LogP contribution in [0.25, 0.3) is 22.8 Å². The molecule has 0 atom stereocenters. The number of nitrogens with one attached hydrogen (secondary N) is 2. The summed E-state index contributed by atoms with van der Waals surface area (Å²) in [5.41, 5.74) is 3.79. The van der Waals surface area contributed by atoms with E-state index in [-0.39, 0.29) is 17.6 Å². The van der Waals surface area contributed by atoms with E-state index in [0.717, 1.165) is 29.7 Å². The number of amides is 1. The number of aromatic nitrogens is 2. The monoisotopic (exact) mass is 366 g/mol. The van der Waals surface area contributed by atoms with Crippen molar-refractivity contribution in [2.45, 2.75) is 26.3 Å². The lowest BCUT2D eigenvalue weighted by atomic mass is 9.98. The zero-order valence-electron chi connectivity index (χ0n) is 14.9. The van der Waals surface area contributed by atoms with Crippen molar-refractivity contribution in [3.05, 3.63) is 53.3 Å². The minimum absolute atomic E-state index is 0.0537. The van der Waals surface area contributed by atoms with Crippen molar-refractivity contribution in [2.75, 3.05) is 11.9 Å². The molecule has 138 valence electrons. The van der Waals surface area contributed by atoms with Gasteiger partial charge in [-0.15, -0.1) is 0 Å². The molecule has 0 saturated heterocycles. The number of hydrogen-bond donors (Lipinski definition) is 2. The Balaban J connectivity index is 1.59. The van der Waals surface area contributed by atoms with Crippen molar-refractivity contribution >= 4 is 11.6 Å². The van der Waals surface area contributed by atoms with E-state index >= 15 is 0 Å². The highest BCUT2D eigenvalue weighted by atomic mass is 19.1. The molecule has 0 aliphatic carbocycles. The van der Waals surface area contributed by atoms with E-state index in [1.54, 1.807) is 43.3 Å². The summed E-state index contributed by atoms with van der Waals surface area (Å²) in [6.45, 7) is 3.35. The van der Waals surface area contributed by atoms with Gasteiger partial charge >= 0.3 is 0 Å². The van der Waals surface area contributed by atoms with Gasteiger partial charge in [0.15, 0.2) is 0 Å². The Morgan fingerprint density at radius 2 is 2.07 bits per heavy atom. The second-order valence-electron chi connectivity index (χ2n) is 6.43. The minimum Gasteiger partial charge on any atom is -0.334 e. The Bertz CT molecular complexity index is 982. The molecule has 0 radical (unpaired) electrons. The molecule has 0 saturated carbocycles. The highest BCUT2D eigenvalue weighted by molar-refractivity contribution is 5.90. The van der Waals surface area contributed by atoms with Gasteiger partial charge in [0, 0.05) is 24.2 Å². The van der Waals surface area contributed by atoms with Crippen LogP contribution in [-0.4, -0.2) is 22.6 Å². The summed E-state index contributed by atoms with van der Waals surface area (Å²) >= 11 is 0. The standard InChI is InChI=1S/C20H19FN4O2/c1-2-18(26)23-15-5-3-12(4-6-15)19-24-20(27-25-19)16-9-14-11-22-8-7-13(14)10-17(16)21/h3-6,9-10,22H,2,7-8,11H2,1H3,(H,23,26). The summed E-state index contributed by atoms with van der Waals surface area (Å²) in [7, 11) is 0. The van der Waals surface area contributed by atoms with Crippen LogP contribution in [-0.2, 0) is 17.8 Å². The molecule has 0 spiro atoms. The first-order chi connectivity index (χ1) is 13.1. The van der Waals surface area contributed by atoms with Crippen molar-refractivity contribution in [2.24, 2.45) is 0 Å². The summed E-state index contributed by atoms with van der Waals surface area (Å²) in [5, 5.41) is 10.0. The van der Waals surface area contributed by atoms with Gasteiger partial charge in [0.1, 0.15) is 5.82 Å². The zero-order chi connectivity index (χ0) is 18.8. The maximum atomic E-state index is 14.5. The van der Waals surface area contributed by atoms with E-state index in [2.05, 4.69) is 20.8 Å².